The van der Waals surface area contributed by atoms with E-state index in [4.69, 9.17) is 8.83 Å². The fourth-order valence-electron chi connectivity index (χ4n) is 2.05. The molecule has 15 heavy (non-hydrogen) atoms. The van der Waals surface area contributed by atoms with Crippen LogP contribution in [0.3, 0.4) is 0 Å². The van der Waals surface area contributed by atoms with E-state index in [9.17, 15) is 0 Å². The summed E-state index contributed by atoms with van der Waals surface area (Å²) in [5, 5.41) is 1.10. The SMILES string of the molecule is c1ccc2c(c1)oc1c2[nH]c2ccoc21. The first-order chi connectivity index (χ1) is 7.43. The first-order valence-corrected chi connectivity index (χ1v) is 4.80. The van der Waals surface area contributed by atoms with Crippen molar-refractivity contribution in [2.24, 2.45) is 0 Å². The van der Waals surface area contributed by atoms with Gasteiger partial charge in [0.1, 0.15) is 5.58 Å². The lowest BCUT2D eigenvalue weighted by atomic mass is 10.2. The molecule has 0 radical (unpaired) electrons. The zero-order valence-corrected chi connectivity index (χ0v) is 7.78. The zero-order valence-electron chi connectivity index (χ0n) is 7.78. The van der Waals surface area contributed by atoms with Crippen molar-refractivity contribution in [1.82, 2.24) is 4.98 Å². The number of H-pyrrole nitrogens is 1. The molecule has 3 nitrogen and oxygen atoms in total. The molecule has 0 amide bonds. The Balaban J connectivity index is 2.39. The second-order valence-corrected chi connectivity index (χ2v) is 3.59. The third kappa shape index (κ3) is 0.760. The summed E-state index contributed by atoms with van der Waals surface area (Å²) in [7, 11) is 0. The molecule has 72 valence electrons. The van der Waals surface area contributed by atoms with Crippen LogP contribution in [0.4, 0.5) is 0 Å². The van der Waals surface area contributed by atoms with Crippen molar-refractivity contribution in [3.63, 3.8) is 0 Å². The van der Waals surface area contributed by atoms with Gasteiger partial charge < -0.3 is 13.8 Å². The number of para-hydroxylation sites is 1. The Kier molecular flexibility index (Phi) is 1.08. The van der Waals surface area contributed by atoms with Crippen molar-refractivity contribution in [2.45, 2.75) is 0 Å². The predicted octanol–water partition coefficient (Wildman–Crippen LogP) is 3.66. The monoisotopic (exact) mass is 197 g/mol. The second-order valence-electron chi connectivity index (χ2n) is 3.59. The van der Waals surface area contributed by atoms with Crippen molar-refractivity contribution >= 4 is 33.2 Å². The summed E-state index contributed by atoms with van der Waals surface area (Å²) >= 11 is 0. The van der Waals surface area contributed by atoms with Gasteiger partial charge in [0.2, 0.25) is 0 Å². The Morgan fingerprint density at radius 2 is 1.93 bits per heavy atom. The number of furan rings is 2. The highest BCUT2D eigenvalue weighted by molar-refractivity contribution is 6.12. The minimum absolute atomic E-state index is 0.793. The molecular formula is C12H7NO2. The third-order valence-electron chi connectivity index (χ3n) is 2.73. The lowest BCUT2D eigenvalue weighted by Gasteiger charge is -1.84. The standard InChI is InChI=1S/C12H7NO2/c1-2-4-9-7(3-1)10-12(15-9)11-8(13-10)5-6-14-11/h1-6,13H. The number of hydrogen-bond acceptors (Lipinski definition) is 2. The van der Waals surface area contributed by atoms with E-state index >= 15 is 0 Å². The molecule has 3 heteroatoms. The van der Waals surface area contributed by atoms with Gasteiger partial charge in [-0.05, 0) is 12.1 Å². The van der Waals surface area contributed by atoms with Crippen LogP contribution in [0, 0.1) is 0 Å². The van der Waals surface area contributed by atoms with E-state index in [0.29, 0.717) is 0 Å². The van der Waals surface area contributed by atoms with Gasteiger partial charge in [-0.2, -0.15) is 0 Å². The molecule has 0 fully saturated rings. The number of nitrogens with one attached hydrogen (secondary N) is 1. The fourth-order valence-corrected chi connectivity index (χ4v) is 2.05. The van der Waals surface area contributed by atoms with Gasteiger partial charge in [-0.25, -0.2) is 0 Å². The maximum atomic E-state index is 5.74. The number of hydrogen-bond donors (Lipinski definition) is 1. The molecule has 3 aromatic heterocycles. The first kappa shape index (κ1) is 7.17. The fraction of sp³-hybridized carbons (Fsp3) is 0. The highest BCUT2D eigenvalue weighted by atomic mass is 16.4. The van der Waals surface area contributed by atoms with E-state index in [2.05, 4.69) is 4.98 Å². The van der Waals surface area contributed by atoms with Crippen LogP contribution in [0.25, 0.3) is 33.2 Å². The number of rotatable bonds is 0. The first-order valence-electron chi connectivity index (χ1n) is 4.80. The molecular weight excluding hydrogens is 190 g/mol. The van der Waals surface area contributed by atoms with Gasteiger partial charge >= 0.3 is 0 Å². The van der Waals surface area contributed by atoms with Gasteiger partial charge in [0, 0.05) is 11.5 Å². The summed E-state index contributed by atoms with van der Waals surface area (Å²) in [6.07, 6.45) is 1.66. The summed E-state index contributed by atoms with van der Waals surface area (Å²) in [5.41, 5.74) is 4.48. The number of aromatic amines is 1. The van der Waals surface area contributed by atoms with Crippen LogP contribution >= 0.6 is 0 Å². The predicted molar refractivity (Wildman–Crippen MR) is 57.8 cm³/mol. The van der Waals surface area contributed by atoms with Gasteiger partial charge in [0.05, 0.1) is 17.3 Å². The molecule has 1 N–H and O–H groups in total. The van der Waals surface area contributed by atoms with Crippen LogP contribution in [0.2, 0.25) is 0 Å². The van der Waals surface area contributed by atoms with Crippen molar-refractivity contribution in [3.8, 4) is 0 Å². The lowest BCUT2D eigenvalue weighted by Crippen LogP contribution is -1.64. The Morgan fingerprint density at radius 1 is 1.00 bits per heavy atom. The van der Waals surface area contributed by atoms with Gasteiger partial charge in [-0.1, -0.05) is 12.1 Å². The number of aromatic nitrogens is 1. The summed E-state index contributed by atoms with van der Waals surface area (Å²) < 4.78 is 11.1. The van der Waals surface area contributed by atoms with Crippen LogP contribution in [-0.2, 0) is 0 Å². The molecule has 0 aliphatic heterocycles. The minimum Gasteiger partial charge on any atom is -0.459 e. The maximum Gasteiger partial charge on any atom is 0.196 e. The normalized spacial score (nSPS) is 12.0. The van der Waals surface area contributed by atoms with Crippen LogP contribution in [-0.4, -0.2) is 4.98 Å². The van der Waals surface area contributed by atoms with Crippen LogP contribution in [0.1, 0.15) is 0 Å². The second kappa shape index (κ2) is 2.25. The molecule has 1 aromatic carbocycles. The summed E-state index contributed by atoms with van der Waals surface area (Å²) in [5.74, 6) is 0. The Bertz CT molecular complexity index is 772. The van der Waals surface area contributed by atoms with E-state index in [1.165, 1.54) is 0 Å². The average Bonchev–Trinajstić information content (AvgIpc) is 2.87. The molecule has 0 aliphatic carbocycles. The van der Waals surface area contributed by atoms with Crippen LogP contribution < -0.4 is 0 Å². The summed E-state index contributed by atoms with van der Waals surface area (Å²) in [6, 6.07) is 9.86. The Hall–Kier alpha value is -2.16. The molecule has 0 atom stereocenters. The van der Waals surface area contributed by atoms with Crippen LogP contribution in [0.15, 0.2) is 45.4 Å². The molecule has 0 bridgehead atoms. The van der Waals surface area contributed by atoms with E-state index in [1.807, 2.05) is 30.3 Å². The molecule has 0 spiro atoms. The summed E-state index contributed by atoms with van der Waals surface area (Å²) in [4.78, 5) is 3.29. The highest BCUT2D eigenvalue weighted by Crippen LogP contribution is 2.33. The quantitative estimate of drug-likeness (QED) is 0.467. The highest BCUT2D eigenvalue weighted by Gasteiger charge is 2.14. The number of fused-ring (bicyclic) bond motifs is 5. The van der Waals surface area contributed by atoms with Crippen molar-refractivity contribution in [3.05, 3.63) is 36.6 Å². The van der Waals surface area contributed by atoms with Gasteiger partial charge in [0.15, 0.2) is 11.2 Å². The van der Waals surface area contributed by atoms with E-state index in [0.717, 1.165) is 33.2 Å². The van der Waals surface area contributed by atoms with Crippen molar-refractivity contribution in [2.75, 3.05) is 0 Å². The largest absolute Gasteiger partial charge is 0.459 e. The average molecular weight is 197 g/mol. The molecule has 3 heterocycles. The van der Waals surface area contributed by atoms with Gasteiger partial charge in [0.25, 0.3) is 0 Å². The van der Waals surface area contributed by atoms with Crippen molar-refractivity contribution in [1.29, 1.82) is 0 Å². The van der Waals surface area contributed by atoms with Gasteiger partial charge in [-0.3, -0.25) is 0 Å². The molecule has 0 saturated heterocycles. The Labute approximate surface area is 84.3 Å². The minimum atomic E-state index is 0.793. The lowest BCUT2D eigenvalue weighted by molar-refractivity contribution is 0.600. The maximum absolute atomic E-state index is 5.74. The molecule has 0 aliphatic rings. The molecule has 4 rings (SSSR count). The zero-order chi connectivity index (χ0) is 9.83. The number of benzene rings is 1. The van der Waals surface area contributed by atoms with Gasteiger partial charge in [-0.15, -0.1) is 0 Å². The van der Waals surface area contributed by atoms with E-state index in [-0.39, 0.29) is 0 Å². The van der Waals surface area contributed by atoms with E-state index < -0.39 is 0 Å². The van der Waals surface area contributed by atoms with E-state index in [1.54, 1.807) is 6.26 Å². The third-order valence-corrected chi connectivity index (χ3v) is 2.73. The van der Waals surface area contributed by atoms with Crippen molar-refractivity contribution < 1.29 is 8.83 Å². The molecule has 0 saturated carbocycles. The smallest absolute Gasteiger partial charge is 0.196 e. The molecule has 0 unspecified atom stereocenters. The van der Waals surface area contributed by atoms with Crippen LogP contribution in [0.5, 0.6) is 0 Å². The Morgan fingerprint density at radius 3 is 2.93 bits per heavy atom. The molecule has 4 aromatic rings. The topological polar surface area (TPSA) is 42.1 Å². The summed E-state index contributed by atoms with van der Waals surface area (Å²) in [6.45, 7) is 0.